The van der Waals surface area contributed by atoms with Gasteiger partial charge in [0.05, 0.1) is 68.4 Å². The highest BCUT2D eigenvalue weighted by atomic mass is 35.5. The van der Waals surface area contributed by atoms with Crippen molar-refractivity contribution in [3.63, 3.8) is 0 Å². The fourth-order valence-electron chi connectivity index (χ4n) is 17.0. The third-order valence-electron chi connectivity index (χ3n) is 23.1. The van der Waals surface area contributed by atoms with Crippen LogP contribution in [0.25, 0.3) is 72.8 Å². The van der Waals surface area contributed by atoms with Crippen LogP contribution in [0.2, 0.25) is 10.0 Å². The Kier molecular flexibility index (Phi) is 42.4. The van der Waals surface area contributed by atoms with Gasteiger partial charge in [-0.15, -0.1) is 0 Å². The van der Waals surface area contributed by atoms with Gasteiger partial charge in [-0.1, -0.05) is 89.4 Å². The second-order valence-electron chi connectivity index (χ2n) is 32.2. The van der Waals surface area contributed by atoms with Crippen LogP contribution in [0.5, 0.6) is 5.75 Å². The minimum Gasteiger partial charge on any atom is -0.497 e. The Morgan fingerprint density at radius 3 is 1.14 bits per heavy atom. The lowest BCUT2D eigenvalue weighted by atomic mass is 10.1. The average molecular weight is 1990 g/mol. The van der Waals surface area contributed by atoms with E-state index >= 15 is 0 Å². The van der Waals surface area contributed by atoms with Crippen LogP contribution in [0, 0.1) is 6.92 Å². The van der Waals surface area contributed by atoms with Crippen LogP contribution < -0.4 is 70.2 Å². The summed E-state index contributed by atoms with van der Waals surface area (Å²) >= 11 is 12.3. The van der Waals surface area contributed by atoms with Crippen LogP contribution in [-0.4, -0.2) is 167 Å². The number of methoxy groups -OCH3 is 1. The van der Waals surface area contributed by atoms with E-state index < -0.39 is 0 Å². The van der Waals surface area contributed by atoms with Crippen LogP contribution >= 0.6 is 158 Å². The average Bonchev–Trinajstić information content (AvgIpc) is 1.66. The number of ether oxygens (including phenoxy) is 2. The third-order valence-corrected chi connectivity index (χ3v) is 23.6. The SMILES string of the molecule is COc1cc(Cl)cc(-c2cc(N[C@H]3CC[C@H](N)C3)n3nccc3n2)c1.Cc1cccc(-c2cc(N[C@H]3CC[C@H](N)C3)n3nccc3n2)c1.N[C@H]1CC[C@H](Nc2cc(-c3cccc(Cl)c3)nc3ccnn23)C1.N[C@H]1CC[C@H](Nc2cc(N3CCOCC3)nc3ccnn23)C1.N[C@H]1CC[C@H](Nc2cc(Nc3ccc4ccccc4c3)nc3ccnn23)C1.S.S.S.S.S.S.S.S.S.S. The number of nitrogens with two attached hydrogens (primary N) is 5. The molecule has 0 radical (unpaired) electrons. The summed E-state index contributed by atoms with van der Waals surface area (Å²) in [6.07, 6.45) is 24.6. The number of halogens is 2. The molecule has 0 unspecified atom stereocenters. The lowest BCUT2D eigenvalue weighted by Crippen LogP contribution is -2.37. The number of hydrogen-bond donors (Lipinski definition) is 11. The minimum absolute atomic E-state index is 0. The molecule has 41 heteroatoms. The summed E-state index contributed by atoms with van der Waals surface area (Å²) in [7, 11) is 1.62. The van der Waals surface area contributed by atoms with Crippen molar-refractivity contribution in [2.75, 3.05) is 70.2 Å². The molecule has 11 heterocycles. The molecule has 5 aromatic carbocycles. The second kappa shape index (κ2) is 50.7. The number of fused-ring (bicyclic) bond motifs is 6. The van der Waals surface area contributed by atoms with Gasteiger partial charge >= 0.3 is 0 Å². The van der Waals surface area contributed by atoms with Crippen molar-refractivity contribution < 1.29 is 9.47 Å². The van der Waals surface area contributed by atoms with Gasteiger partial charge in [0.2, 0.25) is 0 Å². The molecule has 1 aliphatic heterocycles. The van der Waals surface area contributed by atoms with Crippen molar-refractivity contribution >= 4 is 244 Å². The number of hydrogen-bond acceptors (Lipinski definition) is 24. The molecule has 29 nitrogen and oxygen atoms in total. The van der Waals surface area contributed by atoms with Crippen molar-refractivity contribution in [1.29, 1.82) is 0 Å². The number of aromatic nitrogens is 15. The highest BCUT2D eigenvalue weighted by molar-refractivity contribution is 7.60. The summed E-state index contributed by atoms with van der Waals surface area (Å²) in [5.74, 6) is 7.24. The number of anilines is 8. The van der Waals surface area contributed by atoms with Crippen molar-refractivity contribution in [2.45, 2.75) is 164 Å². The van der Waals surface area contributed by atoms with Crippen molar-refractivity contribution in [2.24, 2.45) is 28.7 Å². The standard InChI is InChI=1S/C21H22N6.C18H20ClN5O.C18H21N5.C17H18ClN5.C15H22N6O.10H2S/c22-16-6-8-18(12-16)25-21-13-19(26-20-9-10-23-27(20)21)24-17-7-5-14-3-1-2-4-15(14)11-17;1-25-15-7-11(6-12(19)8-15)16-10-18(22-14-3-2-13(20)9-14)24-17(23-16)4-5-21-24;1-12-3-2-4-13(9-12)16-11-18(21-15-6-5-14(19)10-15)23-17(22-16)7-8-20-23;18-12-3-1-2-11(8-12)15-10-17(21-14-5-4-13(19)9-14)23-16(22-15)6-7-20-23;16-11-1-2-12(9-11)18-15-10-14(20-5-7-22-8-6-20)19-13-3-4-17-21(13)15;;;;;;;;;;/h1-5,7,9-11,13,16,18,25H,6,8,12,22H2,(H,24,26);4-8,10,13-14,22H,2-3,9,20H2,1H3;2-4,7-9,11,14-15,21H,5-6,10,19H2,1H3;1-3,6-8,10,13-14,21H,4-5,9,19H2;3-4,10-12,18H,1-2,5-9,16H2;10*1H2/t16-,18-;13-,14-;14-,15-;13-,14-;11-,12-;;;;;;;;;;/m00000........../s1. The highest BCUT2D eigenvalue weighted by Gasteiger charge is 2.29. The van der Waals surface area contributed by atoms with Crippen LogP contribution in [0.3, 0.4) is 0 Å². The molecule has 6 fully saturated rings. The predicted molar refractivity (Wildman–Crippen MR) is 583 cm³/mol. The van der Waals surface area contributed by atoms with Gasteiger partial charge in [0.25, 0.3) is 0 Å². The van der Waals surface area contributed by atoms with Crippen molar-refractivity contribution in [1.82, 2.24) is 73.0 Å². The fraction of sp³-hybridized carbons (Fsp3) is 0.348. The van der Waals surface area contributed by atoms with Crippen LogP contribution in [-0.2, 0) is 4.74 Å². The number of aryl methyl sites for hydroxylation is 1. The summed E-state index contributed by atoms with van der Waals surface area (Å²) in [6.45, 7) is 5.37. The maximum Gasteiger partial charge on any atom is 0.159 e. The molecule has 0 bridgehead atoms. The van der Waals surface area contributed by atoms with E-state index in [1.165, 1.54) is 16.3 Å². The number of rotatable bonds is 17. The van der Waals surface area contributed by atoms with Gasteiger partial charge in [-0.25, -0.2) is 24.9 Å². The van der Waals surface area contributed by atoms with E-state index in [9.17, 15) is 0 Å². The van der Waals surface area contributed by atoms with Crippen LogP contribution in [0.15, 0.2) is 201 Å². The normalized spacial score (nSPS) is 19.7. The molecule has 0 amide bonds. The fourth-order valence-corrected chi connectivity index (χ4v) is 17.4. The second-order valence-corrected chi connectivity index (χ2v) is 33.1. The number of morpholine rings is 1. The Morgan fingerprint density at radius 2 is 0.731 bits per heavy atom. The van der Waals surface area contributed by atoms with Gasteiger partial charge in [-0.05, 0) is 163 Å². The summed E-state index contributed by atoms with van der Waals surface area (Å²) < 4.78 is 20.0. The zero-order chi connectivity index (χ0) is 82.2. The van der Waals surface area contributed by atoms with Gasteiger partial charge in [0.15, 0.2) is 28.2 Å². The van der Waals surface area contributed by atoms with Gasteiger partial charge in [0.1, 0.15) is 46.5 Å². The predicted octanol–water partition coefficient (Wildman–Crippen LogP) is 15.6. The first-order valence-corrected chi connectivity index (χ1v) is 42.4. The maximum atomic E-state index is 6.21. The number of benzene rings is 5. The van der Waals surface area contributed by atoms with Gasteiger partial charge in [-0.2, -0.15) is 183 Å². The zero-order valence-corrected chi connectivity index (χ0v) is 83.9. The van der Waals surface area contributed by atoms with E-state index in [4.69, 9.17) is 76.3 Å². The topological polar surface area (TPSA) is 375 Å². The molecule has 5 aliphatic carbocycles. The molecular weight excluding hydrogens is 1870 g/mol. The van der Waals surface area contributed by atoms with E-state index in [1.54, 1.807) is 44.2 Å². The molecule has 0 spiro atoms. The highest BCUT2D eigenvalue weighted by Crippen LogP contribution is 2.35. The first kappa shape index (κ1) is 109. The first-order valence-electron chi connectivity index (χ1n) is 41.6. The third kappa shape index (κ3) is 27.3. The first-order chi connectivity index (χ1) is 58.5. The molecule has 16 N–H and O–H groups in total. The Bertz CT molecular complexity index is 5930. The number of nitrogens with one attached hydrogen (secondary N) is 6. The minimum atomic E-state index is 0. The quantitative estimate of drug-likeness (QED) is 0.0403. The summed E-state index contributed by atoms with van der Waals surface area (Å²) in [5.41, 5.74) is 42.2. The lowest BCUT2D eigenvalue weighted by molar-refractivity contribution is 0.122. The van der Waals surface area contributed by atoms with Crippen molar-refractivity contribution in [3.8, 4) is 39.5 Å². The molecule has 10 atom stereocenters. The van der Waals surface area contributed by atoms with E-state index in [2.05, 4.69) is 158 Å². The summed E-state index contributed by atoms with van der Waals surface area (Å²) in [6, 6.07) is 59.6. The van der Waals surface area contributed by atoms with E-state index in [0.29, 0.717) is 58.1 Å². The molecule has 130 heavy (non-hydrogen) atoms. The van der Waals surface area contributed by atoms with E-state index in [-0.39, 0.29) is 153 Å². The van der Waals surface area contributed by atoms with Crippen LogP contribution in [0.1, 0.15) is 102 Å². The van der Waals surface area contributed by atoms with Crippen molar-refractivity contribution in [3.05, 3.63) is 216 Å². The molecule has 10 aromatic heterocycles. The van der Waals surface area contributed by atoms with Gasteiger partial charge in [0, 0.05) is 167 Å². The maximum absolute atomic E-state index is 6.21. The molecule has 700 valence electrons. The molecule has 15 aromatic rings. The lowest BCUT2D eigenvalue weighted by Gasteiger charge is -2.28. The Labute approximate surface area is 837 Å². The van der Waals surface area contributed by atoms with Gasteiger partial charge < -0.3 is 74.9 Å². The largest absolute Gasteiger partial charge is 0.497 e. The van der Waals surface area contributed by atoms with Gasteiger partial charge in [-0.3, -0.25) is 0 Å². The molecule has 6 aliphatic rings. The van der Waals surface area contributed by atoms with E-state index in [1.807, 2.05) is 108 Å². The Morgan fingerprint density at radius 1 is 0.354 bits per heavy atom. The Balaban J connectivity index is 0.000000218. The molecule has 1 saturated heterocycles. The number of nitrogens with zero attached hydrogens (tertiary/aromatic N) is 16. The summed E-state index contributed by atoms with van der Waals surface area (Å²) in [4.78, 5) is 25.8. The zero-order valence-electron chi connectivity index (χ0n) is 72.4. The van der Waals surface area contributed by atoms with E-state index in [0.717, 1.165) is 231 Å². The molecule has 5 saturated carbocycles. The smallest absolute Gasteiger partial charge is 0.159 e. The van der Waals surface area contributed by atoms with Crippen LogP contribution in [0.4, 0.5) is 46.4 Å². The molecule has 21 rings (SSSR count). The molecular formula is C89H123Cl2N27O2S10. The monoisotopic (exact) mass is 1990 g/mol. The Hall–Kier alpha value is -8.30. The summed E-state index contributed by atoms with van der Waals surface area (Å²) in [5, 5.41) is 47.0.